The molecule has 0 atom stereocenters. The fourth-order valence-corrected chi connectivity index (χ4v) is 1.25. The number of hydrogen-bond donors (Lipinski definition) is 2. The molecular formula is C11H9F5N2O2. The van der Waals surface area contributed by atoms with Gasteiger partial charge in [-0.2, -0.15) is 22.0 Å². The van der Waals surface area contributed by atoms with Gasteiger partial charge in [0.1, 0.15) is 0 Å². The van der Waals surface area contributed by atoms with Gasteiger partial charge >= 0.3 is 18.0 Å². The minimum Gasteiger partial charge on any atom is -0.369 e. The molecule has 0 aliphatic rings. The van der Waals surface area contributed by atoms with E-state index >= 15 is 0 Å². The molecule has 0 aliphatic carbocycles. The van der Waals surface area contributed by atoms with Gasteiger partial charge in [0.05, 0.1) is 6.42 Å². The third kappa shape index (κ3) is 3.65. The van der Waals surface area contributed by atoms with Gasteiger partial charge in [-0.25, -0.2) is 0 Å². The predicted molar refractivity (Wildman–Crippen MR) is 59.0 cm³/mol. The van der Waals surface area contributed by atoms with Crippen LogP contribution in [0.5, 0.6) is 0 Å². The zero-order valence-corrected chi connectivity index (χ0v) is 9.80. The summed E-state index contributed by atoms with van der Waals surface area (Å²) in [6, 6.07) is 4.71. The molecule has 0 fully saturated rings. The summed E-state index contributed by atoms with van der Waals surface area (Å²) < 4.78 is 61.1. The van der Waals surface area contributed by atoms with Crippen molar-refractivity contribution in [1.29, 1.82) is 0 Å². The van der Waals surface area contributed by atoms with Crippen LogP contribution in [0.3, 0.4) is 0 Å². The zero-order chi connectivity index (χ0) is 15.6. The van der Waals surface area contributed by atoms with Crippen molar-refractivity contribution in [2.75, 3.05) is 5.32 Å². The summed E-state index contributed by atoms with van der Waals surface area (Å²) in [5, 5.41) is 1.44. The average Bonchev–Trinajstić information content (AvgIpc) is 2.29. The lowest BCUT2D eigenvalue weighted by Gasteiger charge is -2.18. The number of benzene rings is 1. The average molecular weight is 296 g/mol. The maximum Gasteiger partial charge on any atom is 0.463 e. The lowest BCUT2D eigenvalue weighted by molar-refractivity contribution is -0.267. The Morgan fingerprint density at radius 2 is 1.55 bits per heavy atom. The van der Waals surface area contributed by atoms with Crippen molar-refractivity contribution in [1.82, 2.24) is 0 Å². The van der Waals surface area contributed by atoms with Crippen LogP contribution in [0.2, 0.25) is 0 Å². The summed E-state index contributed by atoms with van der Waals surface area (Å²) in [5.41, 5.74) is 5.09. The Morgan fingerprint density at radius 1 is 1.05 bits per heavy atom. The summed E-state index contributed by atoms with van der Waals surface area (Å²) in [6.45, 7) is 0. The molecule has 0 radical (unpaired) electrons. The van der Waals surface area contributed by atoms with Crippen molar-refractivity contribution in [3.63, 3.8) is 0 Å². The normalized spacial score (nSPS) is 12.1. The van der Waals surface area contributed by atoms with E-state index < -0.39 is 23.9 Å². The van der Waals surface area contributed by atoms with E-state index in [2.05, 4.69) is 0 Å². The fraction of sp³-hybridized carbons (Fsp3) is 0.273. The van der Waals surface area contributed by atoms with Gasteiger partial charge in [0.25, 0.3) is 0 Å². The molecule has 2 amide bonds. The highest BCUT2D eigenvalue weighted by molar-refractivity contribution is 5.96. The molecular weight excluding hydrogens is 287 g/mol. The van der Waals surface area contributed by atoms with Crippen LogP contribution in [0, 0.1) is 0 Å². The first-order chi connectivity index (χ1) is 9.04. The molecule has 1 aromatic carbocycles. The molecule has 0 aliphatic heterocycles. The van der Waals surface area contributed by atoms with Crippen molar-refractivity contribution in [2.45, 2.75) is 18.5 Å². The molecule has 0 heterocycles. The van der Waals surface area contributed by atoms with Crippen molar-refractivity contribution in [3.8, 4) is 0 Å². The van der Waals surface area contributed by atoms with Gasteiger partial charge in [-0.05, 0) is 17.7 Å². The second kappa shape index (κ2) is 5.43. The Labute approximate surface area is 109 Å². The van der Waals surface area contributed by atoms with E-state index in [-0.39, 0.29) is 12.1 Å². The minimum absolute atomic E-state index is 0.118. The van der Waals surface area contributed by atoms with E-state index in [1.54, 1.807) is 0 Å². The lowest BCUT2D eigenvalue weighted by Crippen LogP contribution is -2.47. The van der Waals surface area contributed by atoms with E-state index in [1.807, 2.05) is 0 Å². The quantitative estimate of drug-likeness (QED) is 0.832. The highest BCUT2D eigenvalue weighted by Gasteiger charge is 2.63. The summed E-state index contributed by atoms with van der Waals surface area (Å²) >= 11 is 0. The number of anilines is 1. The van der Waals surface area contributed by atoms with E-state index in [9.17, 15) is 31.5 Å². The molecule has 0 aromatic heterocycles. The number of halogens is 5. The summed E-state index contributed by atoms with van der Waals surface area (Å²) in [7, 11) is 0. The highest BCUT2D eigenvalue weighted by Crippen LogP contribution is 2.36. The van der Waals surface area contributed by atoms with Gasteiger partial charge in [-0.3, -0.25) is 9.59 Å². The van der Waals surface area contributed by atoms with Crippen molar-refractivity contribution < 1.29 is 31.5 Å². The summed E-state index contributed by atoms with van der Waals surface area (Å²) in [6.07, 6.45) is -6.09. The highest BCUT2D eigenvalue weighted by atomic mass is 19.4. The van der Waals surface area contributed by atoms with Gasteiger partial charge < -0.3 is 11.1 Å². The molecule has 0 unspecified atom stereocenters. The molecule has 0 bridgehead atoms. The van der Waals surface area contributed by atoms with Crippen LogP contribution in [-0.2, 0) is 16.0 Å². The number of rotatable bonds is 4. The van der Waals surface area contributed by atoms with Crippen LogP contribution in [-0.4, -0.2) is 23.9 Å². The Kier molecular flexibility index (Phi) is 4.31. The van der Waals surface area contributed by atoms with E-state index in [0.717, 1.165) is 12.1 Å². The van der Waals surface area contributed by atoms with Crippen molar-refractivity contribution >= 4 is 17.5 Å². The molecule has 0 saturated heterocycles. The van der Waals surface area contributed by atoms with Crippen LogP contribution in [0.25, 0.3) is 0 Å². The van der Waals surface area contributed by atoms with Gasteiger partial charge in [0.15, 0.2) is 0 Å². The van der Waals surface area contributed by atoms with Gasteiger partial charge in [-0.1, -0.05) is 12.1 Å². The monoisotopic (exact) mass is 296 g/mol. The van der Waals surface area contributed by atoms with Crippen LogP contribution < -0.4 is 11.1 Å². The number of carbonyl (C=O) groups is 2. The standard InChI is InChI=1S/C11H9F5N2O2/c12-10(13,11(14,15)16)9(20)18-7-3-1-6(2-4-7)5-8(17)19/h1-4H,5H2,(H2,17,19)(H,18,20). The summed E-state index contributed by atoms with van der Waals surface area (Å²) in [4.78, 5) is 21.5. The third-order valence-corrected chi connectivity index (χ3v) is 2.23. The number of hydrogen-bond acceptors (Lipinski definition) is 2. The summed E-state index contributed by atoms with van der Waals surface area (Å²) in [5.74, 6) is -8.60. The predicted octanol–water partition coefficient (Wildman–Crippen LogP) is 1.85. The number of amides is 2. The topological polar surface area (TPSA) is 72.2 Å². The van der Waals surface area contributed by atoms with Crippen LogP contribution in [0.4, 0.5) is 27.6 Å². The smallest absolute Gasteiger partial charge is 0.369 e. The number of carbonyl (C=O) groups excluding carboxylic acids is 2. The Hall–Kier alpha value is -2.19. The maximum atomic E-state index is 12.7. The van der Waals surface area contributed by atoms with Gasteiger partial charge in [0, 0.05) is 5.69 Å². The van der Waals surface area contributed by atoms with Crippen LogP contribution >= 0.6 is 0 Å². The molecule has 110 valence electrons. The number of primary amides is 1. The van der Waals surface area contributed by atoms with Crippen molar-refractivity contribution in [3.05, 3.63) is 29.8 Å². The van der Waals surface area contributed by atoms with E-state index in [1.165, 1.54) is 17.4 Å². The second-order valence-electron chi connectivity index (χ2n) is 3.87. The first kappa shape index (κ1) is 15.9. The third-order valence-electron chi connectivity index (χ3n) is 2.23. The first-order valence-corrected chi connectivity index (χ1v) is 5.17. The molecule has 0 saturated carbocycles. The Bertz CT molecular complexity index is 511. The molecule has 3 N–H and O–H groups in total. The minimum atomic E-state index is -5.97. The molecule has 20 heavy (non-hydrogen) atoms. The largest absolute Gasteiger partial charge is 0.463 e. The molecule has 1 aromatic rings. The SMILES string of the molecule is NC(=O)Cc1ccc(NC(=O)C(F)(F)C(F)(F)F)cc1. The van der Waals surface area contributed by atoms with Crippen LogP contribution in [0.1, 0.15) is 5.56 Å². The Morgan fingerprint density at radius 3 is 1.95 bits per heavy atom. The molecule has 0 spiro atoms. The molecule has 9 heteroatoms. The van der Waals surface area contributed by atoms with Gasteiger partial charge in [-0.15, -0.1) is 0 Å². The fourth-order valence-electron chi connectivity index (χ4n) is 1.25. The van der Waals surface area contributed by atoms with E-state index in [4.69, 9.17) is 5.73 Å². The lowest BCUT2D eigenvalue weighted by atomic mass is 10.1. The maximum absolute atomic E-state index is 12.7. The Balaban J connectivity index is 2.79. The van der Waals surface area contributed by atoms with Crippen molar-refractivity contribution in [2.24, 2.45) is 5.73 Å². The van der Waals surface area contributed by atoms with Gasteiger partial charge in [0.2, 0.25) is 5.91 Å². The number of alkyl halides is 5. The number of nitrogens with one attached hydrogen (secondary N) is 1. The second-order valence-corrected chi connectivity index (χ2v) is 3.87. The molecule has 1 rings (SSSR count). The van der Waals surface area contributed by atoms with Crippen LogP contribution in [0.15, 0.2) is 24.3 Å². The zero-order valence-electron chi connectivity index (χ0n) is 9.80. The molecule has 4 nitrogen and oxygen atoms in total. The number of nitrogens with two attached hydrogens (primary N) is 1. The first-order valence-electron chi connectivity index (χ1n) is 5.17. The van der Waals surface area contributed by atoms with E-state index in [0.29, 0.717) is 5.56 Å².